The van der Waals surface area contributed by atoms with Gasteiger partial charge in [0, 0.05) is 38.1 Å². The molecule has 8 heteroatoms. The SMILES string of the molecule is O=C(CN(CCCN1CCOCC1)C(=O)Nc1cccc2ccccc12)N(Cc1ccccc1)Cc1ccco1. The molecule has 0 aliphatic carbocycles. The zero-order valence-corrected chi connectivity index (χ0v) is 22.7. The van der Waals surface area contributed by atoms with Crippen molar-refractivity contribution in [1.82, 2.24) is 14.7 Å². The molecule has 0 unspecified atom stereocenters. The molecule has 2 heterocycles. The van der Waals surface area contributed by atoms with Gasteiger partial charge >= 0.3 is 6.03 Å². The van der Waals surface area contributed by atoms with E-state index in [9.17, 15) is 9.59 Å². The van der Waals surface area contributed by atoms with Crippen molar-refractivity contribution in [3.63, 3.8) is 0 Å². The maximum atomic E-state index is 13.8. The summed E-state index contributed by atoms with van der Waals surface area (Å²) in [6, 6.07) is 27.0. The first-order valence-corrected chi connectivity index (χ1v) is 13.8. The number of benzene rings is 3. The first-order chi connectivity index (χ1) is 19.7. The van der Waals surface area contributed by atoms with Crippen LogP contribution in [0.3, 0.4) is 0 Å². The van der Waals surface area contributed by atoms with Gasteiger partial charge in [-0.3, -0.25) is 9.69 Å². The molecule has 1 saturated heterocycles. The highest BCUT2D eigenvalue weighted by atomic mass is 16.5. The van der Waals surface area contributed by atoms with Crippen LogP contribution >= 0.6 is 0 Å². The normalized spacial score (nSPS) is 13.7. The van der Waals surface area contributed by atoms with Crippen LogP contribution in [-0.2, 0) is 22.6 Å². The molecule has 208 valence electrons. The van der Waals surface area contributed by atoms with Crippen LogP contribution in [-0.4, -0.2) is 72.6 Å². The summed E-state index contributed by atoms with van der Waals surface area (Å²) in [4.78, 5) is 33.1. The minimum absolute atomic E-state index is 0.0345. The molecular formula is C32H36N4O4. The molecule has 1 aromatic heterocycles. The highest BCUT2D eigenvalue weighted by Crippen LogP contribution is 2.23. The first-order valence-electron chi connectivity index (χ1n) is 13.8. The highest BCUT2D eigenvalue weighted by molar-refractivity contribution is 6.02. The summed E-state index contributed by atoms with van der Waals surface area (Å²) in [7, 11) is 0. The standard InChI is InChI=1S/C32H36N4O4/c37-31(36(24-28-13-7-20-40-28)23-26-9-2-1-3-10-26)25-35(17-8-16-34-18-21-39-22-19-34)32(38)33-30-15-6-12-27-11-4-5-14-29(27)30/h1-7,9-15,20H,8,16-19,21-25H2,(H,33,38). The van der Waals surface area contributed by atoms with Crippen molar-refractivity contribution in [1.29, 1.82) is 0 Å². The van der Waals surface area contributed by atoms with Crippen molar-refractivity contribution in [2.24, 2.45) is 0 Å². The monoisotopic (exact) mass is 540 g/mol. The van der Waals surface area contributed by atoms with E-state index in [4.69, 9.17) is 9.15 Å². The van der Waals surface area contributed by atoms with Gasteiger partial charge in [-0.1, -0.05) is 66.7 Å². The van der Waals surface area contributed by atoms with Gasteiger partial charge in [0.2, 0.25) is 5.91 Å². The Kier molecular flexibility index (Phi) is 9.45. The molecule has 8 nitrogen and oxygen atoms in total. The van der Waals surface area contributed by atoms with Crippen LogP contribution in [0, 0.1) is 0 Å². The number of urea groups is 1. The molecule has 5 rings (SSSR count). The second kappa shape index (κ2) is 13.8. The molecule has 1 aliphatic heterocycles. The van der Waals surface area contributed by atoms with Gasteiger partial charge < -0.3 is 24.3 Å². The van der Waals surface area contributed by atoms with Crippen molar-refractivity contribution in [2.75, 3.05) is 51.3 Å². The zero-order valence-electron chi connectivity index (χ0n) is 22.7. The predicted molar refractivity (Wildman–Crippen MR) is 156 cm³/mol. The number of hydrogen-bond acceptors (Lipinski definition) is 5. The molecule has 1 N–H and O–H groups in total. The van der Waals surface area contributed by atoms with E-state index in [0.717, 1.165) is 61.3 Å². The number of anilines is 1. The maximum absolute atomic E-state index is 13.8. The van der Waals surface area contributed by atoms with Gasteiger partial charge in [0.05, 0.1) is 31.7 Å². The van der Waals surface area contributed by atoms with Crippen LogP contribution in [0.1, 0.15) is 17.7 Å². The van der Waals surface area contributed by atoms with Gasteiger partial charge in [0.15, 0.2) is 0 Å². The lowest BCUT2D eigenvalue weighted by molar-refractivity contribution is -0.133. The van der Waals surface area contributed by atoms with Crippen molar-refractivity contribution in [3.8, 4) is 0 Å². The Morgan fingerprint density at radius 2 is 1.60 bits per heavy atom. The Balaban J connectivity index is 1.32. The second-order valence-corrected chi connectivity index (χ2v) is 10.0. The predicted octanol–water partition coefficient (Wildman–Crippen LogP) is 5.22. The minimum Gasteiger partial charge on any atom is -0.467 e. The molecule has 1 aliphatic rings. The van der Waals surface area contributed by atoms with Crippen molar-refractivity contribution in [3.05, 3.63) is 103 Å². The van der Waals surface area contributed by atoms with Gasteiger partial charge in [-0.25, -0.2) is 4.79 Å². The molecule has 3 amide bonds. The topological polar surface area (TPSA) is 78.3 Å². The summed E-state index contributed by atoms with van der Waals surface area (Å²) in [5.41, 5.74) is 1.74. The quantitative estimate of drug-likeness (QED) is 0.282. The number of amides is 3. The molecule has 40 heavy (non-hydrogen) atoms. The lowest BCUT2D eigenvalue weighted by Crippen LogP contribution is -2.45. The fourth-order valence-corrected chi connectivity index (χ4v) is 4.98. The largest absolute Gasteiger partial charge is 0.467 e. The van der Waals surface area contributed by atoms with Crippen LogP contribution in [0.15, 0.2) is 95.6 Å². The van der Waals surface area contributed by atoms with Crippen molar-refractivity contribution >= 4 is 28.4 Å². The average Bonchev–Trinajstić information content (AvgIpc) is 3.51. The molecule has 3 aromatic carbocycles. The Labute approximate surface area is 235 Å². The van der Waals surface area contributed by atoms with Gasteiger partial charge in [-0.15, -0.1) is 0 Å². The van der Waals surface area contributed by atoms with E-state index in [2.05, 4.69) is 10.2 Å². The zero-order chi connectivity index (χ0) is 27.6. The number of carbonyl (C=O) groups excluding carboxylic acids is 2. The third kappa shape index (κ3) is 7.49. The van der Waals surface area contributed by atoms with Crippen molar-refractivity contribution < 1.29 is 18.7 Å². The molecule has 0 saturated carbocycles. The third-order valence-corrected chi connectivity index (χ3v) is 7.15. The maximum Gasteiger partial charge on any atom is 0.322 e. The second-order valence-electron chi connectivity index (χ2n) is 10.0. The van der Waals surface area contributed by atoms with Gasteiger partial charge in [-0.05, 0) is 35.6 Å². The molecule has 1 fully saturated rings. The van der Waals surface area contributed by atoms with E-state index in [1.165, 1.54) is 0 Å². The van der Waals surface area contributed by atoms with Gasteiger partial charge in [0.25, 0.3) is 0 Å². The first kappa shape index (κ1) is 27.4. The smallest absolute Gasteiger partial charge is 0.322 e. The third-order valence-electron chi connectivity index (χ3n) is 7.15. The van der Waals surface area contributed by atoms with Crippen LogP contribution in [0.4, 0.5) is 10.5 Å². The number of nitrogens with zero attached hydrogens (tertiary/aromatic N) is 3. The molecule has 0 radical (unpaired) electrons. The van der Waals surface area contributed by atoms with Crippen molar-refractivity contribution in [2.45, 2.75) is 19.5 Å². The Hall–Kier alpha value is -4.14. The van der Waals surface area contributed by atoms with Crippen LogP contribution in [0.5, 0.6) is 0 Å². The van der Waals surface area contributed by atoms with E-state index < -0.39 is 0 Å². The number of nitrogens with one attached hydrogen (secondary N) is 1. The summed E-state index contributed by atoms with van der Waals surface area (Å²) in [5, 5.41) is 5.08. The number of morpholine rings is 1. The fraction of sp³-hybridized carbons (Fsp3) is 0.312. The number of hydrogen-bond donors (Lipinski definition) is 1. The van der Waals surface area contributed by atoms with E-state index in [1.807, 2.05) is 84.9 Å². The lowest BCUT2D eigenvalue weighted by Gasteiger charge is -2.30. The lowest BCUT2D eigenvalue weighted by atomic mass is 10.1. The van der Waals surface area contributed by atoms with Gasteiger partial charge in [0.1, 0.15) is 12.3 Å². The average molecular weight is 541 g/mol. The van der Waals surface area contributed by atoms with Gasteiger partial charge in [-0.2, -0.15) is 0 Å². The highest BCUT2D eigenvalue weighted by Gasteiger charge is 2.23. The Morgan fingerprint density at radius 3 is 2.40 bits per heavy atom. The Bertz CT molecular complexity index is 1360. The van der Waals surface area contributed by atoms with Crippen LogP contribution in [0.25, 0.3) is 10.8 Å². The number of furan rings is 1. The number of carbonyl (C=O) groups is 2. The van der Waals surface area contributed by atoms with Crippen LogP contribution < -0.4 is 5.32 Å². The van der Waals surface area contributed by atoms with E-state index in [0.29, 0.717) is 25.4 Å². The molecule has 0 spiro atoms. The summed E-state index contributed by atoms with van der Waals surface area (Å²) in [6.07, 6.45) is 2.36. The van der Waals surface area contributed by atoms with Crippen LogP contribution in [0.2, 0.25) is 0 Å². The molecule has 4 aromatic rings. The fourth-order valence-electron chi connectivity index (χ4n) is 4.98. The minimum atomic E-state index is -0.288. The van der Waals surface area contributed by atoms with E-state index >= 15 is 0 Å². The summed E-state index contributed by atoms with van der Waals surface area (Å²) >= 11 is 0. The molecule has 0 atom stereocenters. The molecular weight excluding hydrogens is 504 g/mol. The number of fused-ring (bicyclic) bond motifs is 1. The summed E-state index contributed by atoms with van der Waals surface area (Å²) in [5.74, 6) is 0.558. The molecule has 0 bridgehead atoms. The van der Waals surface area contributed by atoms with E-state index in [-0.39, 0.29) is 18.5 Å². The number of ether oxygens (including phenoxy) is 1. The summed E-state index contributed by atoms with van der Waals surface area (Å²) < 4.78 is 11.0. The summed E-state index contributed by atoms with van der Waals surface area (Å²) in [6.45, 7) is 5.24. The Morgan fingerprint density at radius 1 is 0.825 bits per heavy atom. The number of rotatable bonds is 11. The van der Waals surface area contributed by atoms with E-state index in [1.54, 1.807) is 16.1 Å².